The highest BCUT2D eigenvalue weighted by atomic mass is 16.6. The number of benzene rings is 1. The number of methoxy groups -OCH3 is 1. The van der Waals surface area contributed by atoms with Crippen molar-refractivity contribution in [1.82, 2.24) is 0 Å². The molecule has 1 aromatic rings. The van der Waals surface area contributed by atoms with Crippen molar-refractivity contribution in [3.05, 3.63) is 47.6 Å². The number of ether oxygens (including phenoxy) is 5. The largest absolute Gasteiger partial charge is 0.456 e. The van der Waals surface area contributed by atoms with Crippen molar-refractivity contribution < 1.29 is 33.3 Å². The Balaban J connectivity index is 1.41. The van der Waals surface area contributed by atoms with E-state index in [-0.39, 0.29) is 41.4 Å². The van der Waals surface area contributed by atoms with Crippen molar-refractivity contribution >= 4 is 18.0 Å². The van der Waals surface area contributed by atoms with Gasteiger partial charge in [-0.05, 0) is 63.8 Å². The smallest absolute Gasteiger partial charge is 0.331 e. The number of rotatable bonds is 8. The van der Waals surface area contributed by atoms with Crippen molar-refractivity contribution in [1.29, 1.82) is 0 Å². The number of esters is 2. The Morgan fingerprint density at radius 1 is 1.18 bits per heavy atom. The summed E-state index contributed by atoms with van der Waals surface area (Å²) in [4.78, 5) is 23.7. The molecule has 1 saturated carbocycles. The SMILES string of the molecule is CO[C@@H]1[C@H](OC(=O)/C=C/c2ccc(OC(C)=O)cc2)CC[C@]2(CO2)[C@H]1[C@@]1(C)O[C@H]1CC=C(C)C. The minimum atomic E-state index is -0.425. The molecule has 2 saturated heterocycles. The maximum Gasteiger partial charge on any atom is 0.331 e. The maximum atomic E-state index is 12.6. The summed E-state index contributed by atoms with van der Waals surface area (Å²) in [5, 5.41) is 0. The van der Waals surface area contributed by atoms with Gasteiger partial charge in [-0.2, -0.15) is 0 Å². The fraction of sp³-hybridized carbons (Fsp3) is 0.556. The first-order valence-electron chi connectivity index (χ1n) is 11.8. The van der Waals surface area contributed by atoms with Gasteiger partial charge < -0.3 is 23.7 Å². The molecular formula is C27H34O7. The molecule has 0 radical (unpaired) electrons. The van der Waals surface area contributed by atoms with E-state index in [0.717, 1.165) is 18.4 Å². The Bertz CT molecular complexity index is 971. The predicted octanol–water partition coefficient (Wildman–Crippen LogP) is 4.24. The van der Waals surface area contributed by atoms with Crippen molar-refractivity contribution in [2.75, 3.05) is 13.7 Å². The average molecular weight is 471 g/mol. The second kappa shape index (κ2) is 9.64. The molecule has 0 unspecified atom stereocenters. The number of carbonyl (C=O) groups is 2. The van der Waals surface area contributed by atoms with Crippen LogP contribution in [-0.4, -0.2) is 55.2 Å². The van der Waals surface area contributed by atoms with Crippen molar-refractivity contribution in [3.8, 4) is 5.75 Å². The summed E-state index contributed by atoms with van der Waals surface area (Å²) in [7, 11) is 1.66. The lowest BCUT2D eigenvalue weighted by Crippen LogP contribution is -2.55. The van der Waals surface area contributed by atoms with E-state index >= 15 is 0 Å². The average Bonchev–Trinajstić information content (AvgIpc) is 3.70. The van der Waals surface area contributed by atoms with Crippen LogP contribution in [0.1, 0.15) is 52.5 Å². The van der Waals surface area contributed by atoms with Gasteiger partial charge in [0.1, 0.15) is 29.2 Å². The number of epoxide rings is 2. The minimum Gasteiger partial charge on any atom is -0.456 e. The highest BCUT2D eigenvalue weighted by Crippen LogP contribution is 2.59. The van der Waals surface area contributed by atoms with Crippen LogP contribution < -0.4 is 4.74 Å². The van der Waals surface area contributed by atoms with Gasteiger partial charge in [-0.15, -0.1) is 0 Å². The summed E-state index contributed by atoms with van der Waals surface area (Å²) in [5.74, 6) is -0.355. The van der Waals surface area contributed by atoms with Crippen LogP contribution in [0.4, 0.5) is 0 Å². The van der Waals surface area contributed by atoms with Crippen molar-refractivity contribution in [3.63, 3.8) is 0 Å². The van der Waals surface area contributed by atoms with E-state index in [1.54, 1.807) is 37.5 Å². The zero-order chi connectivity index (χ0) is 24.5. The Morgan fingerprint density at radius 2 is 1.88 bits per heavy atom. The van der Waals surface area contributed by atoms with Gasteiger partial charge in [0.2, 0.25) is 0 Å². The lowest BCUT2D eigenvalue weighted by atomic mass is 9.68. The Morgan fingerprint density at radius 3 is 2.47 bits per heavy atom. The lowest BCUT2D eigenvalue weighted by Gasteiger charge is -2.42. The van der Waals surface area contributed by atoms with E-state index in [1.165, 1.54) is 18.6 Å². The Kier molecular flexibility index (Phi) is 6.99. The van der Waals surface area contributed by atoms with Crippen LogP contribution in [0.2, 0.25) is 0 Å². The quantitative estimate of drug-likeness (QED) is 0.185. The summed E-state index contributed by atoms with van der Waals surface area (Å²) in [5.41, 5.74) is 1.44. The summed E-state index contributed by atoms with van der Waals surface area (Å²) in [6, 6.07) is 6.89. The van der Waals surface area contributed by atoms with Gasteiger partial charge in [0, 0.05) is 20.1 Å². The van der Waals surface area contributed by atoms with Crippen LogP contribution in [0.5, 0.6) is 5.75 Å². The second-order valence-electron chi connectivity index (χ2n) is 9.85. The monoisotopic (exact) mass is 470 g/mol. The minimum absolute atomic E-state index is 0.00934. The third-order valence-corrected chi connectivity index (χ3v) is 7.06. The molecule has 0 N–H and O–H groups in total. The van der Waals surface area contributed by atoms with E-state index < -0.39 is 5.97 Å². The molecule has 7 heteroatoms. The van der Waals surface area contributed by atoms with Gasteiger partial charge in [-0.3, -0.25) is 4.79 Å². The first-order chi connectivity index (χ1) is 16.2. The highest BCUT2D eigenvalue weighted by Gasteiger charge is 2.72. The van der Waals surface area contributed by atoms with E-state index in [9.17, 15) is 9.59 Å². The molecule has 184 valence electrons. The third-order valence-electron chi connectivity index (χ3n) is 7.06. The molecule has 2 aliphatic heterocycles. The Hall–Kier alpha value is -2.48. The van der Waals surface area contributed by atoms with Crippen LogP contribution in [0.25, 0.3) is 6.08 Å². The molecule has 6 atom stereocenters. The molecule has 3 fully saturated rings. The molecule has 1 spiro atoms. The summed E-state index contributed by atoms with van der Waals surface area (Å²) in [6.45, 7) is 8.33. The molecule has 4 rings (SSSR count). The van der Waals surface area contributed by atoms with Crippen molar-refractivity contribution in [2.24, 2.45) is 5.92 Å². The van der Waals surface area contributed by atoms with Crippen LogP contribution in [-0.2, 0) is 28.5 Å². The van der Waals surface area contributed by atoms with Gasteiger partial charge >= 0.3 is 11.9 Å². The number of hydrogen-bond acceptors (Lipinski definition) is 7. The van der Waals surface area contributed by atoms with Crippen LogP contribution in [0, 0.1) is 5.92 Å². The lowest BCUT2D eigenvalue weighted by molar-refractivity contribution is -0.166. The standard InChI is InChI=1S/C27H34O7/c1-17(2)6-12-22-26(4,34-22)25-24(30-5)21(14-15-27(25)16-31-27)33-23(29)13-9-19-7-10-20(11-8-19)32-18(3)28/h6-11,13,21-22,24-25H,12,14-16H2,1-5H3/b13-9+/t21-,22+,24-,25-,26+,27+/m1/s1. The van der Waals surface area contributed by atoms with Gasteiger partial charge in [0.15, 0.2) is 0 Å². The first kappa shape index (κ1) is 24.6. The third kappa shape index (κ3) is 5.27. The molecule has 1 aromatic carbocycles. The summed E-state index contributed by atoms with van der Waals surface area (Å²) >= 11 is 0. The fourth-order valence-electron chi connectivity index (χ4n) is 5.24. The normalized spacial score (nSPS) is 34.0. The van der Waals surface area contributed by atoms with Gasteiger partial charge in [-0.1, -0.05) is 23.8 Å². The Labute approximate surface area is 201 Å². The van der Waals surface area contributed by atoms with E-state index in [4.69, 9.17) is 23.7 Å². The van der Waals surface area contributed by atoms with E-state index in [2.05, 4.69) is 26.8 Å². The first-order valence-corrected chi connectivity index (χ1v) is 11.8. The number of allylic oxidation sites excluding steroid dienone is 1. The van der Waals surface area contributed by atoms with E-state index in [0.29, 0.717) is 18.8 Å². The van der Waals surface area contributed by atoms with E-state index in [1.807, 2.05) is 0 Å². The van der Waals surface area contributed by atoms with Crippen LogP contribution in [0.3, 0.4) is 0 Å². The predicted molar refractivity (Wildman–Crippen MR) is 126 cm³/mol. The maximum absolute atomic E-state index is 12.6. The molecule has 0 amide bonds. The highest BCUT2D eigenvalue weighted by molar-refractivity contribution is 5.87. The molecule has 0 bridgehead atoms. The molecule has 1 aliphatic carbocycles. The fourth-order valence-corrected chi connectivity index (χ4v) is 5.24. The summed E-state index contributed by atoms with van der Waals surface area (Å²) < 4.78 is 29.0. The van der Waals surface area contributed by atoms with Gasteiger partial charge in [-0.25, -0.2) is 4.79 Å². The molecule has 3 aliphatic rings. The molecular weight excluding hydrogens is 436 g/mol. The molecule has 7 nitrogen and oxygen atoms in total. The van der Waals surface area contributed by atoms with Gasteiger partial charge in [0.25, 0.3) is 0 Å². The number of carbonyl (C=O) groups excluding carboxylic acids is 2. The topological polar surface area (TPSA) is 86.9 Å². The molecule has 0 aromatic heterocycles. The van der Waals surface area contributed by atoms with Crippen LogP contribution >= 0.6 is 0 Å². The van der Waals surface area contributed by atoms with Crippen LogP contribution in [0.15, 0.2) is 42.0 Å². The van der Waals surface area contributed by atoms with Gasteiger partial charge in [0.05, 0.1) is 18.6 Å². The zero-order valence-corrected chi connectivity index (χ0v) is 20.5. The zero-order valence-electron chi connectivity index (χ0n) is 20.5. The summed E-state index contributed by atoms with van der Waals surface area (Å²) in [6.07, 6.45) is 7.05. The molecule has 34 heavy (non-hydrogen) atoms. The number of hydrogen-bond donors (Lipinski definition) is 0. The molecule has 2 heterocycles. The van der Waals surface area contributed by atoms with Crippen molar-refractivity contribution in [2.45, 2.75) is 76.5 Å². The second-order valence-corrected chi connectivity index (χ2v) is 9.85.